The van der Waals surface area contributed by atoms with Gasteiger partial charge in [0.05, 0.1) is 19.4 Å². The van der Waals surface area contributed by atoms with Crippen molar-refractivity contribution in [2.75, 3.05) is 7.11 Å². The normalized spacial score (nSPS) is 11.8. The molecule has 0 saturated heterocycles. The Bertz CT molecular complexity index is 403. The molecule has 1 aromatic heterocycles. The summed E-state index contributed by atoms with van der Waals surface area (Å²) in [4.78, 5) is 11.4. The van der Waals surface area contributed by atoms with Crippen molar-refractivity contribution in [1.29, 1.82) is 0 Å². The van der Waals surface area contributed by atoms with Crippen molar-refractivity contribution < 1.29 is 13.9 Å². The first-order valence-corrected chi connectivity index (χ1v) is 5.57. The molecule has 0 aliphatic carbocycles. The number of carbonyl (C=O) groups is 1. The Morgan fingerprint density at radius 1 is 1.71 bits per heavy atom. The molecular formula is C13H17NO3. The molecule has 0 aliphatic heterocycles. The van der Waals surface area contributed by atoms with Gasteiger partial charge in [-0.25, -0.2) is 4.79 Å². The highest BCUT2D eigenvalue weighted by Gasteiger charge is 2.16. The number of hydrogen-bond acceptors (Lipinski definition) is 4. The zero-order valence-corrected chi connectivity index (χ0v) is 10.2. The van der Waals surface area contributed by atoms with Crippen LogP contribution in [0.3, 0.4) is 0 Å². The molecule has 0 aliphatic rings. The molecule has 4 nitrogen and oxygen atoms in total. The number of carbonyl (C=O) groups excluding carboxylic acids is 1. The lowest BCUT2D eigenvalue weighted by atomic mass is 10.1. The molecule has 1 aromatic rings. The number of esters is 1. The Hall–Kier alpha value is -1.73. The van der Waals surface area contributed by atoms with Gasteiger partial charge >= 0.3 is 5.97 Å². The first kappa shape index (κ1) is 13.3. The van der Waals surface area contributed by atoms with Crippen LogP contribution in [0.25, 0.3) is 0 Å². The van der Waals surface area contributed by atoms with Crippen molar-refractivity contribution in [2.45, 2.75) is 32.4 Å². The highest BCUT2D eigenvalue weighted by Crippen LogP contribution is 2.12. The van der Waals surface area contributed by atoms with E-state index in [4.69, 9.17) is 10.8 Å². The molecule has 92 valence electrons. The SMILES string of the molecule is C#CC(CCC)NCc1ccoc1C(=O)OC. The predicted octanol–water partition coefficient (Wildman–Crippen LogP) is 1.96. The van der Waals surface area contributed by atoms with Crippen LogP contribution in [0.5, 0.6) is 0 Å². The molecule has 4 heteroatoms. The quantitative estimate of drug-likeness (QED) is 0.605. The van der Waals surface area contributed by atoms with Gasteiger partial charge < -0.3 is 9.15 Å². The molecule has 1 unspecified atom stereocenters. The molecule has 1 N–H and O–H groups in total. The third-order valence-electron chi connectivity index (χ3n) is 2.44. The third kappa shape index (κ3) is 3.65. The van der Waals surface area contributed by atoms with Crippen LogP contribution in [0, 0.1) is 12.3 Å². The second-order valence-corrected chi connectivity index (χ2v) is 3.66. The predicted molar refractivity (Wildman–Crippen MR) is 64.4 cm³/mol. The lowest BCUT2D eigenvalue weighted by Crippen LogP contribution is -2.27. The summed E-state index contributed by atoms with van der Waals surface area (Å²) in [6, 6.07) is 1.75. The van der Waals surface area contributed by atoms with Crippen LogP contribution in [0.4, 0.5) is 0 Å². The summed E-state index contributed by atoms with van der Waals surface area (Å²) in [5.74, 6) is 2.43. The van der Waals surface area contributed by atoms with Gasteiger partial charge in [0.25, 0.3) is 0 Å². The van der Waals surface area contributed by atoms with Gasteiger partial charge in [-0.2, -0.15) is 0 Å². The topological polar surface area (TPSA) is 51.5 Å². The van der Waals surface area contributed by atoms with E-state index >= 15 is 0 Å². The summed E-state index contributed by atoms with van der Waals surface area (Å²) < 4.78 is 9.69. The van der Waals surface area contributed by atoms with Gasteiger partial charge in [-0.1, -0.05) is 19.3 Å². The minimum Gasteiger partial charge on any atom is -0.463 e. The van der Waals surface area contributed by atoms with Gasteiger partial charge in [0.2, 0.25) is 5.76 Å². The van der Waals surface area contributed by atoms with E-state index in [0.717, 1.165) is 18.4 Å². The zero-order valence-electron chi connectivity index (χ0n) is 10.2. The van der Waals surface area contributed by atoms with Crippen LogP contribution in [-0.2, 0) is 11.3 Å². The van der Waals surface area contributed by atoms with Crippen molar-refractivity contribution in [3.8, 4) is 12.3 Å². The summed E-state index contributed by atoms with van der Waals surface area (Å²) >= 11 is 0. The summed E-state index contributed by atoms with van der Waals surface area (Å²) in [5, 5.41) is 3.19. The molecule has 1 atom stereocenters. The Kier molecular flexibility index (Phi) is 5.31. The van der Waals surface area contributed by atoms with Crippen LogP contribution in [0.1, 0.15) is 35.9 Å². The van der Waals surface area contributed by atoms with Crippen molar-refractivity contribution in [3.63, 3.8) is 0 Å². The van der Waals surface area contributed by atoms with Crippen molar-refractivity contribution in [3.05, 3.63) is 23.7 Å². The minimum atomic E-state index is -0.473. The van der Waals surface area contributed by atoms with E-state index in [-0.39, 0.29) is 11.8 Å². The van der Waals surface area contributed by atoms with E-state index in [1.807, 2.05) is 0 Å². The van der Waals surface area contributed by atoms with Crippen LogP contribution in [-0.4, -0.2) is 19.1 Å². The van der Waals surface area contributed by atoms with Crippen molar-refractivity contribution >= 4 is 5.97 Å². The maximum atomic E-state index is 11.4. The number of rotatable bonds is 6. The summed E-state index contributed by atoms with van der Waals surface area (Å²) in [6.07, 6.45) is 8.78. The zero-order chi connectivity index (χ0) is 12.7. The smallest absolute Gasteiger partial charge is 0.374 e. The third-order valence-corrected chi connectivity index (χ3v) is 2.44. The van der Waals surface area contributed by atoms with Crippen LogP contribution in [0.2, 0.25) is 0 Å². The van der Waals surface area contributed by atoms with Gasteiger partial charge in [-0.3, -0.25) is 5.32 Å². The van der Waals surface area contributed by atoms with Gasteiger partial charge in [0, 0.05) is 12.1 Å². The molecule has 0 radical (unpaired) electrons. The first-order chi connectivity index (χ1) is 8.22. The number of methoxy groups -OCH3 is 1. The Balaban J connectivity index is 2.60. The number of nitrogens with one attached hydrogen (secondary N) is 1. The lowest BCUT2D eigenvalue weighted by molar-refractivity contribution is 0.0563. The van der Waals surface area contributed by atoms with Gasteiger partial charge in [0.1, 0.15) is 0 Å². The van der Waals surface area contributed by atoms with Gasteiger partial charge in [-0.15, -0.1) is 6.42 Å². The molecule has 0 bridgehead atoms. The summed E-state index contributed by atoms with van der Waals surface area (Å²) in [5.41, 5.74) is 0.758. The fourth-order valence-electron chi connectivity index (χ4n) is 1.51. The van der Waals surface area contributed by atoms with Crippen LogP contribution in [0.15, 0.2) is 16.7 Å². The Morgan fingerprint density at radius 3 is 3.06 bits per heavy atom. The van der Waals surface area contributed by atoms with E-state index < -0.39 is 5.97 Å². The molecule has 1 rings (SSSR count). The molecule has 0 saturated carbocycles. The summed E-state index contributed by atoms with van der Waals surface area (Å²) in [7, 11) is 1.32. The highest BCUT2D eigenvalue weighted by molar-refractivity contribution is 5.87. The average molecular weight is 235 g/mol. The van der Waals surface area contributed by atoms with E-state index in [9.17, 15) is 4.79 Å². The van der Waals surface area contributed by atoms with Crippen LogP contribution >= 0.6 is 0 Å². The van der Waals surface area contributed by atoms with Gasteiger partial charge in [0.15, 0.2) is 0 Å². The fraction of sp³-hybridized carbons (Fsp3) is 0.462. The van der Waals surface area contributed by atoms with E-state index in [1.54, 1.807) is 6.07 Å². The second kappa shape index (κ2) is 6.77. The highest BCUT2D eigenvalue weighted by atomic mass is 16.5. The standard InChI is InChI=1S/C13H17NO3/c1-4-6-11(5-2)14-9-10-7-8-17-12(10)13(15)16-3/h2,7-8,11,14H,4,6,9H2,1,3H3. The molecule has 0 spiro atoms. The van der Waals surface area contributed by atoms with E-state index in [2.05, 4.69) is 22.9 Å². The maximum absolute atomic E-state index is 11.4. The fourth-order valence-corrected chi connectivity index (χ4v) is 1.51. The summed E-state index contributed by atoms with van der Waals surface area (Å²) in [6.45, 7) is 2.57. The van der Waals surface area contributed by atoms with E-state index in [1.165, 1.54) is 13.4 Å². The van der Waals surface area contributed by atoms with Gasteiger partial charge in [-0.05, 0) is 12.5 Å². The number of terminal acetylenes is 1. The lowest BCUT2D eigenvalue weighted by Gasteiger charge is -2.11. The Labute approximate surface area is 101 Å². The van der Waals surface area contributed by atoms with Crippen molar-refractivity contribution in [2.24, 2.45) is 0 Å². The molecular weight excluding hydrogens is 218 g/mol. The first-order valence-electron chi connectivity index (χ1n) is 5.57. The number of furan rings is 1. The largest absolute Gasteiger partial charge is 0.463 e. The van der Waals surface area contributed by atoms with Crippen molar-refractivity contribution in [1.82, 2.24) is 5.32 Å². The number of ether oxygens (including phenoxy) is 1. The minimum absolute atomic E-state index is 0.0143. The Morgan fingerprint density at radius 2 is 2.47 bits per heavy atom. The monoisotopic (exact) mass is 235 g/mol. The molecule has 17 heavy (non-hydrogen) atoms. The molecule has 0 aromatic carbocycles. The molecule has 1 heterocycles. The van der Waals surface area contributed by atoms with E-state index in [0.29, 0.717) is 6.54 Å². The average Bonchev–Trinajstić information content (AvgIpc) is 2.81. The molecule has 0 amide bonds. The number of hydrogen-bond donors (Lipinski definition) is 1. The maximum Gasteiger partial charge on any atom is 0.374 e. The molecule has 0 fully saturated rings. The van der Waals surface area contributed by atoms with Crippen LogP contribution < -0.4 is 5.32 Å². The second-order valence-electron chi connectivity index (χ2n) is 3.66.